The molecule has 1 aliphatic heterocycles. The number of carbonyl (C=O) groups excluding carboxylic acids is 1. The largest absolute Gasteiger partial charge is 0.340 e. The number of pyridine rings is 1. The van der Waals surface area contributed by atoms with Crippen LogP contribution in [0, 0.1) is 5.82 Å². The molecule has 1 aromatic carbocycles. The first kappa shape index (κ1) is 20.9. The number of carbonyl (C=O) groups is 1. The zero-order valence-electron chi connectivity index (χ0n) is 17.8. The van der Waals surface area contributed by atoms with Crippen molar-refractivity contribution in [2.75, 3.05) is 11.9 Å². The van der Waals surface area contributed by atoms with Crippen molar-refractivity contribution in [3.8, 4) is 11.3 Å². The molecule has 0 saturated carbocycles. The maximum atomic E-state index is 13.7. The van der Waals surface area contributed by atoms with Gasteiger partial charge in [0.15, 0.2) is 0 Å². The third kappa shape index (κ3) is 4.87. The number of aromatic nitrogens is 3. The van der Waals surface area contributed by atoms with Crippen molar-refractivity contribution < 1.29 is 9.18 Å². The maximum absolute atomic E-state index is 13.7. The van der Waals surface area contributed by atoms with Gasteiger partial charge in [0.2, 0.25) is 5.91 Å². The van der Waals surface area contributed by atoms with Crippen LogP contribution in [-0.2, 0) is 4.79 Å². The fourth-order valence-electron chi connectivity index (χ4n) is 4.14. The van der Waals surface area contributed by atoms with E-state index in [0.29, 0.717) is 23.9 Å². The molecule has 0 unspecified atom stereocenters. The highest BCUT2D eigenvalue weighted by atomic mass is 19.1. The monoisotopic (exact) mass is 419 g/mol. The summed E-state index contributed by atoms with van der Waals surface area (Å²) in [4.78, 5) is 27.9. The number of nitrogens with zero attached hydrogens (tertiary/aromatic N) is 4. The Morgan fingerprint density at radius 3 is 2.77 bits per heavy atom. The summed E-state index contributed by atoms with van der Waals surface area (Å²) in [6, 6.07) is 12.2. The molecule has 7 heteroatoms. The first-order chi connectivity index (χ1) is 15.0. The van der Waals surface area contributed by atoms with Crippen LogP contribution in [0.25, 0.3) is 11.3 Å². The van der Waals surface area contributed by atoms with Gasteiger partial charge in [-0.2, -0.15) is 0 Å². The fourth-order valence-corrected chi connectivity index (χ4v) is 4.14. The van der Waals surface area contributed by atoms with E-state index in [-0.39, 0.29) is 23.7 Å². The van der Waals surface area contributed by atoms with Crippen LogP contribution in [0.1, 0.15) is 44.9 Å². The van der Waals surface area contributed by atoms with Gasteiger partial charge in [-0.3, -0.25) is 9.78 Å². The number of anilines is 2. The Balaban J connectivity index is 1.70. The van der Waals surface area contributed by atoms with Crippen LogP contribution in [0.2, 0.25) is 0 Å². The van der Waals surface area contributed by atoms with Crippen molar-refractivity contribution in [2.45, 2.75) is 45.1 Å². The number of benzene rings is 1. The fraction of sp³-hybridized carbons (Fsp3) is 0.333. The van der Waals surface area contributed by atoms with Gasteiger partial charge >= 0.3 is 0 Å². The minimum atomic E-state index is -0.318. The molecule has 3 heterocycles. The number of halogens is 1. The van der Waals surface area contributed by atoms with Gasteiger partial charge in [0.25, 0.3) is 0 Å². The van der Waals surface area contributed by atoms with Gasteiger partial charge in [-0.25, -0.2) is 14.4 Å². The molecule has 1 saturated heterocycles. The lowest BCUT2D eigenvalue weighted by molar-refractivity contribution is -0.133. The molecule has 1 aliphatic rings. The predicted octanol–water partition coefficient (Wildman–Crippen LogP) is 4.93. The molecule has 0 radical (unpaired) electrons. The Labute approximate surface area is 181 Å². The van der Waals surface area contributed by atoms with Crippen molar-refractivity contribution in [3.63, 3.8) is 0 Å². The van der Waals surface area contributed by atoms with E-state index in [0.717, 1.165) is 30.5 Å². The van der Waals surface area contributed by atoms with Crippen molar-refractivity contribution in [1.29, 1.82) is 0 Å². The number of piperidine rings is 1. The van der Waals surface area contributed by atoms with Crippen LogP contribution in [0.3, 0.4) is 0 Å². The summed E-state index contributed by atoms with van der Waals surface area (Å²) < 4.78 is 13.7. The quantitative estimate of drug-likeness (QED) is 0.635. The number of nitrogens with one attached hydrogen (secondary N) is 1. The molecule has 0 bridgehead atoms. The second-order valence-electron chi connectivity index (χ2n) is 7.88. The van der Waals surface area contributed by atoms with Gasteiger partial charge < -0.3 is 10.2 Å². The molecule has 160 valence electrons. The summed E-state index contributed by atoms with van der Waals surface area (Å²) in [5.74, 6) is 1.07. The van der Waals surface area contributed by atoms with Gasteiger partial charge in [-0.15, -0.1) is 0 Å². The molecular formula is C24H26FN5O. The topological polar surface area (TPSA) is 71.0 Å². The zero-order valence-corrected chi connectivity index (χ0v) is 17.8. The third-order valence-electron chi connectivity index (χ3n) is 5.74. The van der Waals surface area contributed by atoms with E-state index < -0.39 is 0 Å². The Morgan fingerprint density at radius 1 is 1.19 bits per heavy atom. The van der Waals surface area contributed by atoms with E-state index in [1.165, 1.54) is 12.1 Å². The zero-order chi connectivity index (χ0) is 21.8. The van der Waals surface area contributed by atoms with Gasteiger partial charge in [0, 0.05) is 55.1 Å². The first-order valence-electron chi connectivity index (χ1n) is 10.6. The number of likely N-dealkylation sites (tertiary alicyclic amines) is 1. The molecule has 2 aromatic heterocycles. The highest BCUT2D eigenvalue weighted by Crippen LogP contribution is 2.32. The highest BCUT2D eigenvalue weighted by Gasteiger charge is 2.31. The summed E-state index contributed by atoms with van der Waals surface area (Å²) >= 11 is 0. The standard InChI is InChI=1S/C24H26FN5O/c1-3-21-10-9-18(15-30(21)16(2)31)24-28-22(17-6-5-11-26-14-17)13-23(29-24)27-20-8-4-7-19(25)12-20/h4-8,11-14,18,21H,3,9-10,15H2,1-2H3,(H,27,28,29)/t18-,21-/m1/s1. The number of hydrogen-bond acceptors (Lipinski definition) is 5. The predicted molar refractivity (Wildman–Crippen MR) is 118 cm³/mol. The second kappa shape index (κ2) is 9.20. The van der Waals surface area contributed by atoms with Crippen LogP contribution in [0.4, 0.5) is 15.9 Å². The van der Waals surface area contributed by atoms with Crippen LogP contribution in [0.15, 0.2) is 54.9 Å². The van der Waals surface area contributed by atoms with Crippen LogP contribution in [-0.4, -0.2) is 38.3 Å². The molecule has 1 N–H and O–H groups in total. The Hall–Kier alpha value is -3.35. The number of amides is 1. The Bertz CT molecular complexity index is 1060. The minimum absolute atomic E-state index is 0.0383. The van der Waals surface area contributed by atoms with Gasteiger partial charge in [-0.1, -0.05) is 13.0 Å². The number of hydrogen-bond donors (Lipinski definition) is 1. The van der Waals surface area contributed by atoms with E-state index in [1.807, 2.05) is 23.1 Å². The molecule has 31 heavy (non-hydrogen) atoms. The Kier molecular flexibility index (Phi) is 6.21. The van der Waals surface area contributed by atoms with E-state index in [2.05, 4.69) is 17.2 Å². The summed E-state index contributed by atoms with van der Waals surface area (Å²) in [5, 5.41) is 3.20. The molecule has 4 rings (SSSR count). The van der Waals surface area contributed by atoms with Crippen molar-refractivity contribution in [2.24, 2.45) is 0 Å². The van der Waals surface area contributed by atoms with Gasteiger partial charge in [0.05, 0.1) is 5.69 Å². The van der Waals surface area contributed by atoms with Crippen LogP contribution in [0.5, 0.6) is 0 Å². The lowest BCUT2D eigenvalue weighted by Crippen LogP contribution is -2.45. The smallest absolute Gasteiger partial charge is 0.219 e. The SMILES string of the molecule is CC[C@@H]1CC[C@@H](c2nc(Nc3cccc(F)c3)cc(-c3cccnc3)n2)CN1C(C)=O. The maximum Gasteiger partial charge on any atom is 0.219 e. The normalized spacial score (nSPS) is 18.6. The van der Waals surface area contributed by atoms with Crippen molar-refractivity contribution >= 4 is 17.4 Å². The summed E-state index contributed by atoms with van der Waals surface area (Å²) in [7, 11) is 0. The van der Waals surface area contributed by atoms with Crippen LogP contribution >= 0.6 is 0 Å². The van der Waals surface area contributed by atoms with Crippen molar-refractivity contribution in [1.82, 2.24) is 19.9 Å². The highest BCUT2D eigenvalue weighted by molar-refractivity contribution is 5.74. The molecule has 1 fully saturated rings. The van der Waals surface area contributed by atoms with Gasteiger partial charge in [-0.05, 0) is 49.6 Å². The van der Waals surface area contributed by atoms with E-state index in [1.54, 1.807) is 31.5 Å². The molecule has 0 aliphatic carbocycles. The van der Waals surface area contributed by atoms with E-state index in [9.17, 15) is 9.18 Å². The minimum Gasteiger partial charge on any atom is -0.340 e. The molecule has 3 aromatic rings. The molecule has 1 amide bonds. The average Bonchev–Trinajstić information content (AvgIpc) is 2.79. The molecule has 2 atom stereocenters. The van der Waals surface area contributed by atoms with E-state index >= 15 is 0 Å². The van der Waals surface area contributed by atoms with E-state index in [4.69, 9.17) is 9.97 Å². The lowest BCUT2D eigenvalue weighted by atomic mass is 9.90. The third-order valence-corrected chi connectivity index (χ3v) is 5.74. The molecular weight excluding hydrogens is 393 g/mol. The summed E-state index contributed by atoms with van der Waals surface area (Å²) in [6.45, 7) is 4.33. The molecule has 6 nitrogen and oxygen atoms in total. The average molecular weight is 420 g/mol. The van der Waals surface area contributed by atoms with Gasteiger partial charge in [0.1, 0.15) is 17.5 Å². The summed E-state index contributed by atoms with van der Waals surface area (Å²) in [5.41, 5.74) is 2.23. The Morgan fingerprint density at radius 2 is 2.06 bits per heavy atom. The number of rotatable bonds is 5. The lowest BCUT2D eigenvalue weighted by Gasteiger charge is -2.38. The summed E-state index contributed by atoms with van der Waals surface area (Å²) in [6.07, 6.45) is 6.25. The van der Waals surface area contributed by atoms with Crippen LogP contribution < -0.4 is 5.32 Å². The second-order valence-corrected chi connectivity index (χ2v) is 7.88. The van der Waals surface area contributed by atoms with Crippen molar-refractivity contribution in [3.05, 3.63) is 66.5 Å². The molecule has 0 spiro atoms. The first-order valence-corrected chi connectivity index (χ1v) is 10.6.